The van der Waals surface area contributed by atoms with Crippen LogP contribution in [0.5, 0.6) is 0 Å². The van der Waals surface area contributed by atoms with Gasteiger partial charge in [0, 0.05) is 13.2 Å². The number of hydrogen-bond donors (Lipinski definition) is 1. The smallest absolute Gasteiger partial charge is 0.183 e. The zero-order chi connectivity index (χ0) is 9.80. The molecule has 1 fully saturated rings. The summed E-state index contributed by atoms with van der Waals surface area (Å²) in [6.45, 7) is 1.41. The van der Waals surface area contributed by atoms with Crippen molar-refractivity contribution in [2.75, 3.05) is 18.5 Å². The second kappa shape index (κ2) is 4.32. The van der Waals surface area contributed by atoms with Gasteiger partial charge in [0.2, 0.25) is 0 Å². The summed E-state index contributed by atoms with van der Waals surface area (Å²) >= 11 is 0. The third-order valence-corrected chi connectivity index (χ3v) is 2.19. The molecule has 0 amide bonds. The summed E-state index contributed by atoms with van der Waals surface area (Å²) in [7, 11) is 0. The molecule has 2 heterocycles. The van der Waals surface area contributed by atoms with E-state index in [1.54, 1.807) is 0 Å². The van der Waals surface area contributed by atoms with Crippen molar-refractivity contribution in [1.29, 1.82) is 0 Å². The number of ether oxygens (including phenoxy) is 1. The highest BCUT2D eigenvalue weighted by molar-refractivity contribution is 5.33. The van der Waals surface area contributed by atoms with Gasteiger partial charge in [-0.2, -0.15) is 0 Å². The minimum Gasteiger partial charge on any atom is -0.376 e. The number of aromatic nitrogens is 2. The van der Waals surface area contributed by atoms with Gasteiger partial charge in [0.25, 0.3) is 0 Å². The van der Waals surface area contributed by atoms with Crippen LogP contribution in [-0.2, 0) is 4.74 Å². The Hall–Kier alpha value is -1.23. The van der Waals surface area contributed by atoms with E-state index in [-0.39, 0.29) is 11.9 Å². The highest BCUT2D eigenvalue weighted by Crippen LogP contribution is 2.13. The quantitative estimate of drug-likeness (QED) is 0.791. The molecule has 1 N–H and O–H groups in total. The molecule has 1 atom stereocenters. The highest BCUT2D eigenvalue weighted by Gasteiger charge is 2.15. The number of nitrogens with one attached hydrogen (secondary N) is 1. The molecule has 0 bridgehead atoms. The maximum Gasteiger partial charge on any atom is 0.183 e. The normalized spacial score (nSPS) is 21.1. The van der Waals surface area contributed by atoms with Crippen molar-refractivity contribution in [1.82, 2.24) is 9.97 Å². The molecule has 1 aromatic heterocycles. The van der Waals surface area contributed by atoms with Crippen LogP contribution in [0, 0.1) is 5.82 Å². The highest BCUT2D eigenvalue weighted by atomic mass is 19.1. The van der Waals surface area contributed by atoms with Crippen LogP contribution in [0.2, 0.25) is 0 Å². The lowest BCUT2D eigenvalue weighted by atomic mass is 10.2. The molecule has 0 aromatic carbocycles. The lowest BCUT2D eigenvalue weighted by molar-refractivity contribution is 0.120. The molecule has 14 heavy (non-hydrogen) atoms. The molecule has 4 nitrogen and oxygen atoms in total. The Bertz CT molecular complexity index is 302. The van der Waals surface area contributed by atoms with Gasteiger partial charge in [-0.1, -0.05) is 0 Å². The Morgan fingerprint density at radius 2 is 2.57 bits per heavy atom. The average Bonchev–Trinajstić information content (AvgIpc) is 2.69. The van der Waals surface area contributed by atoms with Crippen LogP contribution in [0.3, 0.4) is 0 Å². The number of anilines is 1. The monoisotopic (exact) mass is 197 g/mol. The van der Waals surface area contributed by atoms with E-state index >= 15 is 0 Å². The molecule has 1 saturated heterocycles. The summed E-state index contributed by atoms with van der Waals surface area (Å²) in [6, 6.07) is 0. The molecular weight excluding hydrogens is 185 g/mol. The molecule has 2 rings (SSSR count). The Labute approximate surface area is 81.5 Å². The molecule has 1 aromatic rings. The number of hydrogen-bond acceptors (Lipinski definition) is 4. The van der Waals surface area contributed by atoms with Crippen molar-refractivity contribution in [3.63, 3.8) is 0 Å². The first-order valence-electron chi connectivity index (χ1n) is 4.67. The second-order valence-corrected chi connectivity index (χ2v) is 3.24. The molecule has 1 aliphatic rings. The van der Waals surface area contributed by atoms with Gasteiger partial charge in [0.1, 0.15) is 6.33 Å². The fourth-order valence-electron chi connectivity index (χ4n) is 1.46. The first-order valence-corrected chi connectivity index (χ1v) is 4.67. The predicted octanol–water partition coefficient (Wildman–Crippen LogP) is 1.21. The Balaban J connectivity index is 1.88. The van der Waals surface area contributed by atoms with Crippen LogP contribution in [0.15, 0.2) is 12.5 Å². The van der Waals surface area contributed by atoms with Gasteiger partial charge >= 0.3 is 0 Å². The van der Waals surface area contributed by atoms with Gasteiger partial charge in [-0.25, -0.2) is 14.4 Å². The molecule has 0 radical (unpaired) electrons. The molecule has 1 aliphatic heterocycles. The van der Waals surface area contributed by atoms with Gasteiger partial charge in [0.15, 0.2) is 11.6 Å². The van der Waals surface area contributed by atoms with Gasteiger partial charge in [-0.05, 0) is 12.8 Å². The standard InChI is InChI=1S/C9H12FN3O/c10-8-5-11-6-13-9(8)12-4-7-2-1-3-14-7/h5-7H,1-4H2,(H,11,12,13). The topological polar surface area (TPSA) is 47.0 Å². The zero-order valence-corrected chi connectivity index (χ0v) is 7.74. The van der Waals surface area contributed by atoms with Crippen molar-refractivity contribution >= 4 is 5.82 Å². The SMILES string of the molecule is Fc1cncnc1NCC1CCCO1. The predicted molar refractivity (Wildman–Crippen MR) is 49.5 cm³/mol. The van der Waals surface area contributed by atoms with E-state index in [9.17, 15) is 4.39 Å². The van der Waals surface area contributed by atoms with E-state index < -0.39 is 5.82 Å². The van der Waals surface area contributed by atoms with Crippen molar-refractivity contribution in [2.45, 2.75) is 18.9 Å². The lowest BCUT2D eigenvalue weighted by Crippen LogP contribution is -2.19. The first kappa shape index (κ1) is 9.33. The maximum absolute atomic E-state index is 13.0. The van der Waals surface area contributed by atoms with Crippen LogP contribution < -0.4 is 5.32 Å². The molecule has 0 spiro atoms. The molecule has 1 unspecified atom stereocenters. The Kier molecular flexibility index (Phi) is 2.88. The number of nitrogens with zero attached hydrogens (tertiary/aromatic N) is 2. The van der Waals surface area contributed by atoms with E-state index in [0.717, 1.165) is 25.6 Å². The van der Waals surface area contributed by atoms with Crippen molar-refractivity contribution in [3.05, 3.63) is 18.3 Å². The van der Waals surface area contributed by atoms with E-state index in [0.29, 0.717) is 6.54 Å². The summed E-state index contributed by atoms with van der Waals surface area (Å²) in [5.41, 5.74) is 0. The van der Waals surface area contributed by atoms with Crippen LogP contribution in [0.1, 0.15) is 12.8 Å². The summed E-state index contributed by atoms with van der Waals surface area (Å²) in [5.74, 6) is -0.180. The van der Waals surface area contributed by atoms with Crippen molar-refractivity contribution in [2.24, 2.45) is 0 Å². The van der Waals surface area contributed by atoms with E-state index in [1.165, 1.54) is 6.33 Å². The van der Waals surface area contributed by atoms with Crippen molar-refractivity contribution < 1.29 is 9.13 Å². The van der Waals surface area contributed by atoms with Crippen molar-refractivity contribution in [3.8, 4) is 0 Å². The van der Waals surface area contributed by atoms with E-state index in [1.807, 2.05) is 0 Å². The number of rotatable bonds is 3. The molecule has 0 saturated carbocycles. The zero-order valence-electron chi connectivity index (χ0n) is 7.74. The van der Waals surface area contributed by atoms with E-state index in [4.69, 9.17) is 4.74 Å². The van der Waals surface area contributed by atoms with Gasteiger partial charge < -0.3 is 10.1 Å². The van der Waals surface area contributed by atoms with Crippen LogP contribution >= 0.6 is 0 Å². The summed E-state index contributed by atoms with van der Waals surface area (Å²) in [6.07, 6.45) is 4.76. The summed E-state index contributed by atoms with van der Waals surface area (Å²) < 4.78 is 18.4. The average molecular weight is 197 g/mol. The minimum atomic E-state index is -0.425. The Morgan fingerprint density at radius 1 is 1.64 bits per heavy atom. The second-order valence-electron chi connectivity index (χ2n) is 3.24. The van der Waals surface area contributed by atoms with Crippen LogP contribution in [-0.4, -0.2) is 29.2 Å². The van der Waals surface area contributed by atoms with Gasteiger partial charge in [-0.3, -0.25) is 0 Å². The maximum atomic E-state index is 13.0. The third kappa shape index (κ3) is 2.17. The largest absolute Gasteiger partial charge is 0.376 e. The fourth-order valence-corrected chi connectivity index (χ4v) is 1.46. The number of halogens is 1. The van der Waals surface area contributed by atoms with Gasteiger partial charge in [0.05, 0.1) is 12.3 Å². The first-order chi connectivity index (χ1) is 6.86. The molecule has 0 aliphatic carbocycles. The molecule has 76 valence electrons. The van der Waals surface area contributed by atoms with Crippen LogP contribution in [0.25, 0.3) is 0 Å². The third-order valence-electron chi connectivity index (χ3n) is 2.19. The Morgan fingerprint density at radius 3 is 3.29 bits per heavy atom. The lowest BCUT2D eigenvalue weighted by Gasteiger charge is -2.10. The van der Waals surface area contributed by atoms with E-state index in [2.05, 4.69) is 15.3 Å². The van der Waals surface area contributed by atoms with Crippen LogP contribution in [0.4, 0.5) is 10.2 Å². The molecular formula is C9H12FN3O. The fraction of sp³-hybridized carbons (Fsp3) is 0.556. The minimum absolute atomic E-state index is 0.185. The summed E-state index contributed by atoms with van der Waals surface area (Å²) in [4.78, 5) is 7.35. The molecule has 5 heteroatoms. The van der Waals surface area contributed by atoms with Gasteiger partial charge in [-0.15, -0.1) is 0 Å². The summed E-state index contributed by atoms with van der Waals surface area (Å²) in [5, 5.41) is 2.90.